The van der Waals surface area contributed by atoms with E-state index in [1.807, 2.05) is 11.6 Å². The van der Waals surface area contributed by atoms with Crippen molar-refractivity contribution in [3.05, 3.63) is 80.5 Å². The van der Waals surface area contributed by atoms with E-state index in [2.05, 4.69) is 20.3 Å². The van der Waals surface area contributed by atoms with Crippen molar-refractivity contribution in [2.45, 2.75) is 37.5 Å². The Morgan fingerprint density at radius 2 is 2.09 bits per heavy atom. The van der Waals surface area contributed by atoms with Crippen LogP contribution in [0.5, 0.6) is 0 Å². The van der Waals surface area contributed by atoms with Crippen LogP contribution in [-0.2, 0) is 30.4 Å². The van der Waals surface area contributed by atoms with Crippen LogP contribution in [-0.4, -0.2) is 31.2 Å². The summed E-state index contributed by atoms with van der Waals surface area (Å²) in [5.74, 6) is 1.32. The zero-order chi connectivity index (χ0) is 23.7. The molecule has 3 heterocycles. The van der Waals surface area contributed by atoms with Gasteiger partial charge in [-0.2, -0.15) is 0 Å². The molecular weight excluding hydrogens is 473 g/mol. The Kier molecular flexibility index (Phi) is 6.51. The highest BCUT2D eigenvalue weighted by atomic mass is 32.2. The summed E-state index contributed by atoms with van der Waals surface area (Å²) in [5.41, 5.74) is 1.82. The van der Waals surface area contributed by atoms with Gasteiger partial charge in [-0.3, -0.25) is 9.59 Å². The number of imidazole rings is 1. The highest BCUT2D eigenvalue weighted by molar-refractivity contribution is 7.99. The molecule has 0 radical (unpaired) electrons. The summed E-state index contributed by atoms with van der Waals surface area (Å²) in [6.45, 7) is 0. The first-order valence-corrected chi connectivity index (χ1v) is 13.1. The fourth-order valence-corrected chi connectivity index (χ4v) is 6.31. The molecular formula is C24H24FN5O2S2. The molecule has 34 heavy (non-hydrogen) atoms. The van der Waals surface area contributed by atoms with Crippen LogP contribution in [0.2, 0.25) is 0 Å². The number of nitrogens with zero attached hydrogens (tertiary/aromatic N) is 3. The number of carbonyl (C=O) groups is 1. The number of thiophene rings is 1. The monoisotopic (exact) mass is 497 g/mol. The first kappa shape index (κ1) is 22.8. The van der Waals surface area contributed by atoms with Gasteiger partial charge in [0.25, 0.3) is 5.56 Å². The van der Waals surface area contributed by atoms with Crippen molar-refractivity contribution >= 4 is 39.2 Å². The fourth-order valence-electron chi connectivity index (χ4n) is 4.33. The summed E-state index contributed by atoms with van der Waals surface area (Å²) in [4.78, 5) is 39.5. The van der Waals surface area contributed by atoms with Crippen LogP contribution in [0.4, 0.5) is 4.39 Å². The lowest BCUT2D eigenvalue weighted by atomic mass is 9.97. The fraction of sp³-hybridized carbons (Fsp3) is 0.333. The van der Waals surface area contributed by atoms with Crippen molar-refractivity contribution in [1.29, 1.82) is 0 Å². The van der Waals surface area contributed by atoms with E-state index in [4.69, 9.17) is 0 Å². The highest BCUT2D eigenvalue weighted by Gasteiger charge is 2.22. The van der Waals surface area contributed by atoms with Crippen molar-refractivity contribution in [2.75, 3.05) is 5.75 Å². The van der Waals surface area contributed by atoms with Crippen LogP contribution in [0.15, 0.2) is 41.5 Å². The van der Waals surface area contributed by atoms with Gasteiger partial charge in [0.1, 0.15) is 28.3 Å². The molecule has 4 aromatic rings. The molecule has 2 N–H and O–H groups in total. The van der Waals surface area contributed by atoms with Crippen LogP contribution in [0.25, 0.3) is 10.2 Å². The third kappa shape index (κ3) is 4.65. The minimum atomic E-state index is -0.500. The normalized spacial score (nSPS) is 14.2. The molecule has 0 bridgehead atoms. The van der Waals surface area contributed by atoms with Gasteiger partial charge in [-0.15, -0.1) is 23.1 Å². The first-order valence-electron chi connectivity index (χ1n) is 11.1. The number of aromatic nitrogens is 4. The molecule has 1 aliphatic carbocycles. The molecule has 10 heteroatoms. The Balaban J connectivity index is 1.26. The van der Waals surface area contributed by atoms with Gasteiger partial charge in [0.15, 0.2) is 0 Å². The summed E-state index contributed by atoms with van der Waals surface area (Å²) < 4.78 is 15.2. The van der Waals surface area contributed by atoms with Gasteiger partial charge < -0.3 is 14.9 Å². The number of hydrogen-bond donors (Lipinski definition) is 2. The number of nitrogens with one attached hydrogen (secondary N) is 2. The minimum Gasteiger partial charge on any atom is -0.341 e. The van der Waals surface area contributed by atoms with Crippen molar-refractivity contribution in [2.24, 2.45) is 7.05 Å². The van der Waals surface area contributed by atoms with E-state index in [9.17, 15) is 14.0 Å². The van der Waals surface area contributed by atoms with E-state index >= 15 is 0 Å². The van der Waals surface area contributed by atoms with E-state index in [0.717, 1.165) is 41.5 Å². The number of benzene rings is 1. The zero-order valence-corrected chi connectivity index (χ0v) is 20.3. The Bertz CT molecular complexity index is 1390. The smallest absolute Gasteiger partial charge is 0.259 e. The van der Waals surface area contributed by atoms with E-state index < -0.39 is 6.04 Å². The molecule has 7 nitrogen and oxygen atoms in total. The van der Waals surface area contributed by atoms with Gasteiger partial charge in [0.2, 0.25) is 5.91 Å². The third-order valence-corrected chi connectivity index (χ3v) is 8.10. The average Bonchev–Trinajstić information content (AvgIpc) is 3.41. The van der Waals surface area contributed by atoms with E-state index in [1.165, 1.54) is 34.3 Å². The highest BCUT2D eigenvalue weighted by Crippen LogP contribution is 2.33. The second-order valence-corrected chi connectivity index (χ2v) is 10.4. The summed E-state index contributed by atoms with van der Waals surface area (Å²) >= 11 is 3.00. The number of H-pyrrole nitrogens is 1. The SMILES string of the molecule is Cn1ccnc1C(NC(=O)CSCc1nc2sc3c(c2c(=O)[nH]1)CCCC3)c1ccc(F)cc1. The van der Waals surface area contributed by atoms with Gasteiger partial charge in [-0.05, 0) is 48.9 Å². The second-order valence-electron chi connectivity index (χ2n) is 8.34. The lowest BCUT2D eigenvalue weighted by Crippen LogP contribution is -2.32. The maximum Gasteiger partial charge on any atom is 0.259 e. The number of thioether (sulfide) groups is 1. The Hall–Kier alpha value is -2.98. The molecule has 5 rings (SSSR count). The molecule has 0 spiro atoms. The molecule has 1 amide bonds. The molecule has 0 saturated carbocycles. The number of aromatic amines is 1. The summed E-state index contributed by atoms with van der Waals surface area (Å²) in [6.07, 6.45) is 7.69. The lowest BCUT2D eigenvalue weighted by molar-refractivity contribution is -0.119. The number of amides is 1. The Morgan fingerprint density at radius 3 is 2.85 bits per heavy atom. The van der Waals surface area contributed by atoms with Crippen LogP contribution < -0.4 is 10.9 Å². The molecule has 1 atom stereocenters. The predicted molar refractivity (Wildman–Crippen MR) is 133 cm³/mol. The van der Waals surface area contributed by atoms with Crippen LogP contribution in [0.1, 0.15) is 46.5 Å². The van der Waals surface area contributed by atoms with Gasteiger partial charge in [-0.1, -0.05) is 12.1 Å². The van der Waals surface area contributed by atoms with E-state index in [0.29, 0.717) is 17.4 Å². The molecule has 1 aliphatic rings. The number of carbonyl (C=O) groups excluding carboxylic acids is 1. The number of hydrogen-bond acceptors (Lipinski definition) is 6. The number of aryl methyl sites for hydroxylation is 3. The first-order chi connectivity index (χ1) is 16.5. The standard InChI is InChI=1S/C24H24FN5O2S2/c1-30-11-10-26-22(30)21(14-6-8-15(25)9-7-14)29-19(31)13-33-12-18-27-23(32)20-16-4-2-3-5-17(16)34-24(20)28-18/h6-11,21H,2-5,12-13H2,1H3,(H,29,31)(H,27,28,32). The largest absolute Gasteiger partial charge is 0.341 e. The van der Waals surface area contributed by atoms with Crippen molar-refractivity contribution in [3.63, 3.8) is 0 Å². The predicted octanol–water partition coefficient (Wildman–Crippen LogP) is 3.88. The second kappa shape index (κ2) is 9.71. The Labute approximate surface area is 203 Å². The summed E-state index contributed by atoms with van der Waals surface area (Å²) in [6, 6.07) is 5.53. The lowest BCUT2D eigenvalue weighted by Gasteiger charge is -2.19. The Morgan fingerprint density at radius 1 is 1.29 bits per heavy atom. The van der Waals surface area contributed by atoms with Gasteiger partial charge in [0, 0.05) is 24.3 Å². The van der Waals surface area contributed by atoms with E-state index in [-0.39, 0.29) is 23.0 Å². The molecule has 0 fully saturated rings. The van der Waals surface area contributed by atoms with Crippen molar-refractivity contribution < 1.29 is 9.18 Å². The van der Waals surface area contributed by atoms with E-state index in [1.54, 1.807) is 35.9 Å². The molecule has 0 saturated heterocycles. The number of fused-ring (bicyclic) bond motifs is 3. The molecule has 1 aromatic carbocycles. The molecule has 3 aromatic heterocycles. The third-order valence-electron chi connectivity index (χ3n) is 5.97. The zero-order valence-electron chi connectivity index (χ0n) is 18.6. The van der Waals surface area contributed by atoms with Crippen molar-refractivity contribution in [1.82, 2.24) is 24.8 Å². The van der Waals surface area contributed by atoms with Crippen LogP contribution in [0.3, 0.4) is 0 Å². The van der Waals surface area contributed by atoms with Crippen LogP contribution in [0, 0.1) is 5.82 Å². The minimum absolute atomic E-state index is 0.0874. The maximum atomic E-state index is 13.4. The quantitative estimate of drug-likeness (QED) is 0.404. The average molecular weight is 498 g/mol. The maximum absolute atomic E-state index is 13.4. The molecule has 0 aliphatic heterocycles. The summed E-state index contributed by atoms with van der Waals surface area (Å²) in [7, 11) is 1.85. The molecule has 1 unspecified atom stereocenters. The van der Waals surface area contributed by atoms with Gasteiger partial charge >= 0.3 is 0 Å². The topological polar surface area (TPSA) is 92.7 Å². The number of rotatable bonds is 7. The number of halogens is 1. The molecule has 176 valence electrons. The van der Waals surface area contributed by atoms with Gasteiger partial charge in [0.05, 0.1) is 16.9 Å². The van der Waals surface area contributed by atoms with Crippen molar-refractivity contribution in [3.8, 4) is 0 Å². The van der Waals surface area contributed by atoms with Gasteiger partial charge in [-0.25, -0.2) is 14.4 Å². The van der Waals surface area contributed by atoms with Crippen LogP contribution >= 0.6 is 23.1 Å². The summed E-state index contributed by atoms with van der Waals surface area (Å²) in [5, 5.41) is 3.74.